The number of aliphatic hydroxyl groups excluding tert-OH is 1. The number of aryl methyl sites for hydroxylation is 1. The molecule has 0 fully saturated rings. The van der Waals surface area contributed by atoms with Crippen molar-refractivity contribution in [3.63, 3.8) is 0 Å². The lowest BCUT2D eigenvalue weighted by Crippen LogP contribution is -2.34. The second-order valence-electron chi connectivity index (χ2n) is 9.89. The van der Waals surface area contributed by atoms with Crippen LogP contribution in [0.1, 0.15) is 49.9 Å². The van der Waals surface area contributed by atoms with Crippen LogP contribution in [-0.4, -0.2) is 50.0 Å². The van der Waals surface area contributed by atoms with Crippen LogP contribution in [0.3, 0.4) is 0 Å². The summed E-state index contributed by atoms with van der Waals surface area (Å²) < 4.78 is 10.6. The quantitative estimate of drug-likeness (QED) is 0.396. The number of aliphatic hydroxyl groups is 2. The zero-order valence-corrected chi connectivity index (χ0v) is 24.7. The molecule has 39 heavy (non-hydrogen) atoms. The van der Waals surface area contributed by atoms with Crippen molar-refractivity contribution >= 4 is 18.6 Å². The lowest BCUT2D eigenvalue weighted by molar-refractivity contribution is -0.0980. The highest BCUT2D eigenvalue weighted by Crippen LogP contribution is 2.46. The van der Waals surface area contributed by atoms with Gasteiger partial charge in [-0.05, 0) is 92.6 Å². The van der Waals surface area contributed by atoms with Gasteiger partial charge in [-0.2, -0.15) is 0 Å². The SMILES string of the molecule is C=O.CC(C)(C)O.CCc1c(-c2ccc(C)cc2)cc2c(c1C)N(C(=O)OC)Cc1cc(OC)ccc1-2.CO. The minimum atomic E-state index is -0.500. The van der Waals surface area contributed by atoms with Gasteiger partial charge in [0.25, 0.3) is 0 Å². The number of hydrogen-bond donors (Lipinski definition) is 2. The molecule has 1 aliphatic heterocycles. The van der Waals surface area contributed by atoms with Gasteiger partial charge >= 0.3 is 6.09 Å². The summed E-state index contributed by atoms with van der Waals surface area (Å²) in [4.78, 5) is 22.5. The summed E-state index contributed by atoms with van der Waals surface area (Å²) >= 11 is 0. The molecule has 0 spiro atoms. The van der Waals surface area contributed by atoms with Gasteiger partial charge in [0.1, 0.15) is 12.5 Å². The van der Waals surface area contributed by atoms with E-state index < -0.39 is 5.60 Å². The molecule has 2 N–H and O–H groups in total. The number of anilines is 1. The van der Waals surface area contributed by atoms with Gasteiger partial charge in [0, 0.05) is 12.7 Å². The Kier molecular flexibility index (Phi) is 12.9. The number of nitrogens with zero attached hydrogens (tertiary/aromatic N) is 1. The highest BCUT2D eigenvalue weighted by Gasteiger charge is 2.31. The number of carbonyl (C=O) groups is 2. The van der Waals surface area contributed by atoms with Crippen molar-refractivity contribution in [2.75, 3.05) is 26.2 Å². The first-order chi connectivity index (χ1) is 18.5. The Morgan fingerprint density at radius 1 is 0.949 bits per heavy atom. The van der Waals surface area contributed by atoms with Crippen molar-refractivity contribution in [3.05, 3.63) is 70.8 Å². The molecular weight excluding hydrogens is 494 g/mol. The molecule has 0 unspecified atom stereocenters. The lowest BCUT2D eigenvalue weighted by Gasteiger charge is -2.33. The van der Waals surface area contributed by atoms with E-state index in [2.05, 4.69) is 57.2 Å². The van der Waals surface area contributed by atoms with E-state index in [1.54, 1.807) is 32.8 Å². The third-order valence-corrected chi connectivity index (χ3v) is 5.99. The minimum absolute atomic E-state index is 0.349. The highest BCUT2D eigenvalue weighted by atomic mass is 16.5. The smallest absolute Gasteiger partial charge is 0.414 e. The average molecular weight is 538 g/mol. The largest absolute Gasteiger partial charge is 0.497 e. The molecule has 0 aliphatic carbocycles. The van der Waals surface area contributed by atoms with Gasteiger partial charge in [-0.15, -0.1) is 0 Å². The Morgan fingerprint density at radius 3 is 2.00 bits per heavy atom. The van der Waals surface area contributed by atoms with Gasteiger partial charge < -0.3 is 24.5 Å². The number of benzene rings is 3. The summed E-state index contributed by atoms with van der Waals surface area (Å²) in [5, 5.41) is 15.5. The van der Waals surface area contributed by atoms with E-state index in [4.69, 9.17) is 24.5 Å². The van der Waals surface area contributed by atoms with Crippen molar-refractivity contribution < 1.29 is 29.3 Å². The highest BCUT2D eigenvalue weighted by molar-refractivity contribution is 6.00. The topological polar surface area (TPSA) is 96.3 Å². The molecule has 3 aromatic carbocycles. The molecule has 4 rings (SSSR count). The maximum atomic E-state index is 12.7. The van der Waals surface area contributed by atoms with Crippen molar-refractivity contribution in [2.45, 2.75) is 60.1 Å². The monoisotopic (exact) mass is 537 g/mol. The number of amides is 1. The number of hydrogen-bond acceptors (Lipinski definition) is 6. The van der Waals surface area contributed by atoms with Crippen LogP contribution in [-0.2, 0) is 22.5 Å². The maximum Gasteiger partial charge on any atom is 0.414 e. The molecule has 0 radical (unpaired) electrons. The van der Waals surface area contributed by atoms with Gasteiger partial charge in [-0.3, -0.25) is 4.90 Å². The summed E-state index contributed by atoms with van der Waals surface area (Å²) in [7, 11) is 4.09. The minimum Gasteiger partial charge on any atom is -0.497 e. The van der Waals surface area contributed by atoms with Crippen LogP contribution in [0.2, 0.25) is 0 Å². The molecule has 7 nitrogen and oxygen atoms in total. The normalized spacial score (nSPS) is 11.2. The molecule has 0 aromatic heterocycles. The molecule has 0 saturated carbocycles. The van der Waals surface area contributed by atoms with E-state index >= 15 is 0 Å². The Hall–Kier alpha value is -3.68. The molecule has 1 amide bonds. The van der Waals surface area contributed by atoms with Crippen molar-refractivity contribution in [1.82, 2.24) is 0 Å². The third-order valence-electron chi connectivity index (χ3n) is 5.99. The lowest BCUT2D eigenvalue weighted by atomic mass is 9.84. The van der Waals surface area contributed by atoms with Gasteiger partial charge in [0.05, 0.1) is 32.1 Å². The maximum absolute atomic E-state index is 12.7. The van der Waals surface area contributed by atoms with E-state index in [1.165, 1.54) is 29.4 Å². The van der Waals surface area contributed by atoms with Gasteiger partial charge in [-0.1, -0.05) is 42.8 Å². The predicted molar refractivity (Wildman–Crippen MR) is 159 cm³/mol. The van der Waals surface area contributed by atoms with E-state index in [0.29, 0.717) is 6.54 Å². The van der Waals surface area contributed by atoms with Crippen molar-refractivity contribution in [3.8, 4) is 28.0 Å². The van der Waals surface area contributed by atoms with E-state index in [1.807, 2.05) is 18.9 Å². The second kappa shape index (κ2) is 15.0. The number of ether oxygens (including phenoxy) is 2. The fourth-order valence-corrected chi connectivity index (χ4v) is 4.45. The number of methoxy groups -OCH3 is 2. The first-order valence-electron chi connectivity index (χ1n) is 12.7. The number of fused-ring (bicyclic) bond motifs is 3. The summed E-state index contributed by atoms with van der Waals surface area (Å²) in [6.07, 6.45) is 0.533. The van der Waals surface area contributed by atoms with Crippen molar-refractivity contribution in [2.24, 2.45) is 0 Å². The fraction of sp³-hybridized carbons (Fsp3) is 0.375. The van der Waals surface area contributed by atoms with Gasteiger partial charge in [-0.25, -0.2) is 4.79 Å². The van der Waals surface area contributed by atoms with Crippen LogP contribution >= 0.6 is 0 Å². The molecule has 3 aromatic rings. The molecule has 0 atom stereocenters. The summed E-state index contributed by atoms with van der Waals surface area (Å²) in [5.74, 6) is 0.780. The van der Waals surface area contributed by atoms with E-state index in [-0.39, 0.29) is 6.09 Å². The van der Waals surface area contributed by atoms with E-state index in [0.717, 1.165) is 47.2 Å². The van der Waals surface area contributed by atoms with Crippen LogP contribution in [0, 0.1) is 13.8 Å². The molecule has 1 heterocycles. The fourth-order valence-electron chi connectivity index (χ4n) is 4.45. The van der Waals surface area contributed by atoms with Crippen LogP contribution in [0.5, 0.6) is 5.75 Å². The predicted octanol–water partition coefficient (Wildman–Crippen LogP) is 6.50. The van der Waals surface area contributed by atoms with Gasteiger partial charge in [0.2, 0.25) is 0 Å². The van der Waals surface area contributed by atoms with Crippen LogP contribution in [0.25, 0.3) is 22.3 Å². The second-order valence-corrected chi connectivity index (χ2v) is 9.89. The summed E-state index contributed by atoms with van der Waals surface area (Å²) in [6, 6.07) is 16.9. The zero-order valence-electron chi connectivity index (χ0n) is 24.7. The molecule has 7 heteroatoms. The number of carbonyl (C=O) groups excluding carboxylic acids is 2. The van der Waals surface area contributed by atoms with Crippen LogP contribution in [0.15, 0.2) is 48.5 Å². The first kappa shape index (κ1) is 33.3. The molecule has 0 bridgehead atoms. The molecule has 212 valence electrons. The first-order valence-corrected chi connectivity index (χ1v) is 12.7. The molecular formula is C32H43NO6. The average Bonchev–Trinajstić information content (AvgIpc) is 2.93. The van der Waals surface area contributed by atoms with Gasteiger partial charge in [0.15, 0.2) is 0 Å². The standard InChI is InChI=1S/C26H27NO3.C4H10O.CH4O.CH2O/c1-6-21-17(3)25-24(14-23(21)18-9-7-16(2)8-10-18)22-12-11-20(29-4)13-19(22)15-27(25)26(28)30-5;1-4(2,3)5;2*1-2/h7-14H,6,15H2,1-5H3;5H,1-3H3;2H,1H3;1H2. The molecule has 1 aliphatic rings. The van der Waals surface area contributed by atoms with Crippen LogP contribution in [0.4, 0.5) is 10.5 Å². The third kappa shape index (κ3) is 8.40. The number of rotatable bonds is 3. The Balaban J connectivity index is 0.000000748. The van der Waals surface area contributed by atoms with Crippen LogP contribution < -0.4 is 9.64 Å². The van der Waals surface area contributed by atoms with Crippen molar-refractivity contribution in [1.29, 1.82) is 0 Å². The summed E-state index contributed by atoms with van der Waals surface area (Å²) in [5.41, 5.74) is 9.68. The zero-order chi connectivity index (χ0) is 29.9. The Morgan fingerprint density at radius 2 is 1.51 bits per heavy atom. The Labute approximate surface area is 233 Å². The van der Waals surface area contributed by atoms with E-state index in [9.17, 15) is 4.79 Å². The Bertz CT molecular complexity index is 1220. The summed E-state index contributed by atoms with van der Waals surface area (Å²) in [6.45, 7) is 14.1. The molecule has 0 saturated heterocycles.